The molecule has 1 aromatic carbocycles. The molecule has 0 radical (unpaired) electrons. The SMILES string of the molecule is CNC(=O)c1cn[nH]c1-c1ccc2c(c1)OCCO2. The number of rotatable bonds is 2. The number of H-pyrrole nitrogens is 1. The summed E-state index contributed by atoms with van der Waals surface area (Å²) in [4.78, 5) is 11.7. The Labute approximate surface area is 109 Å². The van der Waals surface area contributed by atoms with Crippen LogP contribution in [0.2, 0.25) is 0 Å². The average Bonchev–Trinajstić information content (AvgIpc) is 2.95. The van der Waals surface area contributed by atoms with Crippen molar-refractivity contribution >= 4 is 5.91 Å². The smallest absolute Gasteiger partial charge is 0.254 e. The predicted molar refractivity (Wildman–Crippen MR) is 68.4 cm³/mol. The normalized spacial score (nSPS) is 13.1. The number of ether oxygens (including phenoxy) is 2. The summed E-state index contributed by atoms with van der Waals surface area (Å²) in [7, 11) is 1.59. The van der Waals surface area contributed by atoms with Gasteiger partial charge in [-0.1, -0.05) is 0 Å². The number of aromatic amines is 1. The van der Waals surface area contributed by atoms with Crippen molar-refractivity contribution in [3.05, 3.63) is 30.0 Å². The van der Waals surface area contributed by atoms with Gasteiger partial charge < -0.3 is 14.8 Å². The van der Waals surface area contributed by atoms with Crippen LogP contribution in [0.25, 0.3) is 11.3 Å². The third kappa shape index (κ3) is 2.01. The van der Waals surface area contributed by atoms with Gasteiger partial charge in [0.05, 0.1) is 17.5 Å². The van der Waals surface area contributed by atoms with Crippen molar-refractivity contribution in [2.45, 2.75) is 0 Å². The highest BCUT2D eigenvalue weighted by Crippen LogP contribution is 2.34. The van der Waals surface area contributed by atoms with E-state index in [1.54, 1.807) is 7.05 Å². The molecule has 1 aliphatic heterocycles. The monoisotopic (exact) mass is 259 g/mol. The molecule has 2 aromatic rings. The van der Waals surface area contributed by atoms with E-state index in [9.17, 15) is 4.79 Å². The molecule has 0 bridgehead atoms. The zero-order valence-electron chi connectivity index (χ0n) is 10.4. The third-order valence-corrected chi connectivity index (χ3v) is 2.94. The van der Waals surface area contributed by atoms with Crippen molar-refractivity contribution in [1.29, 1.82) is 0 Å². The zero-order valence-corrected chi connectivity index (χ0v) is 10.4. The molecule has 0 spiro atoms. The van der Waals surface area contributed by atoms with E-state index in [4.69, 9.17) is 9.47 Å². The number of fused-ring (bicyclic) bond motifs is 1. The Balaban J connectivity index is 2.03. The summed E-state index contributed by atoms with van der Waals surface area (Å²) in [5.74, 6) is 1.22. The number of carbonyl (C=O) groups excluding carboxylic acids is 1. The molecule has 0 unspecified atom stereocenters. The molecular weight excluding hydrogens is 246 g/mol. The summed E-state index contributed by atoms with van der Waals surface area (Å²) in [5.41, 5.74) is 2.00. The Morgan fingerprint density at radius 2 is 2.11 bits per heavy atom. The molecule has 19 heavy (non-hydrogen) atoms. The largest absolute Gasteiger partial charge is 0.486 e. The number of amides is 1. The number of benzene rings is 1. The van der Waals surface area contributed by atoms with E-state index in [-0.39, 0.29) is 5.91 Å². The van der Waals surface area contributed by atoms with Crippen LogP contribution in [0.15, 0.2) is 24.4 Å². The zero-order chi connectivity index (χ0) is 13.2. The standard InChI is InChI=1S/C13H13N3O3/c1-14-13(17)9-7-15-16-12(9)8-2-3-10-11(6-8)19-5-4-18-10/h2-3,6-7H,4-5H2,1H3,(H,14,17)(H,15,16). The van der Waals surface area contributed by atoms with E-state index in [1.807, 2.05) is 18.2 Å². The lowest BCUT2D eigenvalue weighted by Gasteiger charge is -2.18. The number of nitrogens with one attached hydrogen (secondary N) is 2. The molecule has 98 valence electrons. The molecule has 6 heteroatoms. The van der Waals surface area contributed by atoms with Crippen LogP contribution in [0.4, 0.5) is 0 Å². The summed E-state index contributed by atoms with van der Waals surface area (Å²) in [6.45, 7) is 1.08. The average molecular weight is 259 g/mol. The second-order valence-corrected chi connectivity index (χ2v) is 4.10. The quantitative estimate of drug-likeness (QED) is 0.849. The van der Waals surface area contributed by atoms with Gasteiger partial charge in [0, 0.05) is 12.6 Å². The van der Waals surface area contributed by atoms with Crippen molar-refractivity contribution in [2.75, 3.05) is 20.3 Å². The van der Waals surface area contributed by atoms with Crippen LogP contribution in [-0.4, -0.2) is 36.4 Å². The molecule has 0 saturated carbocycles. The molecule has 0 fully saturated rings. The Morgan fingerprint density at radius 1 is 1.32 bits per heavy atom. The lowest BCUT2D eigenvalue weighted by molar-refractivity contribution is 0.0964. The number of hydrogen-bond donors (Lipinski definition) is 2. The van der Waals surface area contributed by atoms with Gasteiger partial charge in [-0.2, -0.15) is 5.10 Å². The van der Waals surface area contributed by atoms with Crippen LogP contribution in [0, 0.1) is 0 Å². The summed E-state index contributed by atoms with van der Waals surface area (Å²) in [6, 6.07) is 5.54. The van der Waals surface area contributed by atoms with Crippen LogP contribution in [0.3, 0.4) is 0 Å². The van der Waals surface area contributed by atoms with Crippen molar-refractivity contribution < 1.29 is 14.3 Å². The van der Waals surface area contributed by atoms with Gasteiger partial charge in [-0.25, -0.2) is 0 Å². The molecule has 3 rings (SSSR count). The number of hydrogen-bond acceptors (Lipinski definition) is 4. The third-order valence-electron chi connectivity index (χ3n) is 2.94. The lowest BCUT2D eigenvalue weighted by Crippen LogP contribution is -2.18. The molecule has 0 aliphatic carbocycles. The highest BCUT2D eigenvalue weighted by Gasteiger charge is 2.17. The summed E-state index contributed by atoms with van der Waals surface area (Å²) in [6.07, 6.45) is 1.50. The summed E-state index contributed by atoms with van der Waals surface area (Å²) >= 11 is 0. The van der Waals surface area contributed by atoms with Gasteiger partial charge in [-0.3, -0.25) is 9.89 Å². The van der Waals surface area contributed by atoms with Gasteiger partial charge in [-0.15, -0.1) is 0 Å². The lowest BCUT2D eigenvalue weighted by atomic mass is 10.1. The first-order valence-corrected chi connectivity index (χ1v) is 5.95. The summed E-state index contributed by atoms with van der Waals surface area (Å²) < 4.78 is 11.0. The number of carbonyl (C=O) groups is 1. The van der Waals surface area contributed by atoms with E-state index < -0.39 is 0 Å². The first-order valence-electron chi connectivity index (χ1n) is 5.95. The van der Waals surface area contributed by atoms with Gasteiger partial charge >= 0.3 is 0 Å². The second kappa shape index (κ2) is 4.64. The Morgan fingerprint density at radius 3 is 2.89 bits per heavy atom. The van der Waals surface area contributed by atoms with E-state index in [2.05, 4.69) is 15.5 Å². The van der Waals surface area contributed by atoms with E-state index in [1.165, 1.54) is 6.20 Å². The van der Waals surface area contributed by atoms with Crippen molar-refractivity contribution in [1.82, 2.24) is 15.5 Å². The molecule has 2 heterocycles. The molecule has 6 nitrogen and oxygen atoms in total. The van der Waals surface area contributed by atoms with Gasteiger partial charge in [0.1, 0.15) is 13.2 Å². The fourth-order valence-corrected chi connectivity index (χ4v) is 2.01. The minimum Gasteiger partial charge on any atom is -0.486 e. The van der Waals surface area contributed by atoms with E-state index >= 15 is 0 Å². The number of nitrogens with zero attached hydrogens (tertiary/aromatic N) is 1. The molecule has 0 atom stereocenters. The van der Waals surface area contributed by atoms with Gasteiger partial charge in [0.15, 0.2) is 11.5 Å². The topological polar surface area (TPSA) is 76.2 Å². The predicted octanol–water partition coefficient (Wildman–Crippen LogP) is 1.21. The molecular formula is C13H13N3O3. The van der Waals surface area contributed by atoms with Crippen molar-refractivity contribution in [3.8, 4) is 22.8 Å². The van der Waals surface area contributed by atoms with Crippen molar-refractivity contribution in [2.24, 2.45) is 0 Å². The first kappa shape index (κ1) is 11.6. The fraction of sp³-hybridized carbons (Fsp3) is 0.231. The Kier molecular flexibility index (Phi) is 2.83. The molecule has 1 aromatic heterocycles. The Hall–Kier alpha value is -2.50. The van der Waals surface area contributed by atoms with Crippen LogP contribution in [-0.2, 0) is 0 Å². The highest BCUT2D eigenvalue weighted by molar-refractivity contribution is 5.99. The van der Waals surface area contributed by atoms with Gasteiger partial charge in [-0.05, 0) is 18.2 Å². The maximum Gasteiger partial charge on any atom is 0.254 e. The molecule has 2 N–H and O–H groups in total. The van der Waals surface area contributed by atoms with Crippen LogP contribution in [0.1, 0.15) is 10.4 Å². The second-order valence-electron chi connectivity index (χ2n) is 4.10. The van der Waals surface area contributed by atoms with Crippen molar-refractivity contribution in [3.63, 3.8) is 0 Å². The van der Waals surface area contributed by atoms with E-state index in [0.29, 0.717) is 30.2 Å². The number of aromatic nitrogens is 2. The van der Waals surface area contributed by atoms with Crippen LogP contribution >= 0.6 is 0 Å². The maximum atomic E-state index is 11.7. The van der Waals surface area contributed by atoms with Crippen LogP contribution < -0.4 is 14.8 Å². The molecule has 1 amide bonds. The van der Waals surface area contributed by atoms with Gasteiger partial charge in [0.2, 0.25) is 0 Å². The Bertz CT molecular complexity index is 621. The molecule has 1 aliphatic rings. The van der Waals surface area contributed by atoms with Crippen LogP contribution in [0.5, 0.6) is 11.5 Å². The fourth-order valence-electron chi connectivity index (χ4n) is 2.01. The summed E-state index contributed by atoms with van der Waals surface area (Å²) in [5, 5.41) is 9.34. The van der Waals surface area contributed by atoms with E-state index in [0.717, 1.165) is 11.3 Å². The first-order chi connectivity index (χ1) is 9.29. The van der Waals surface area contributed by atoms with Gasteiger partial charge in [0.25, 0.3) is 5.91 Å². The molecule has 0 saturated heterocycles. The highest BCUT2D eigenvalue weighted by atomic mass is 16.6. The maximum absolute atomic E-state index is 11.7. The minimum atomic E-state index is -0.182. The minimum absolute atomic E-state index is 0.182.